The molecule has 0 radical (unpaired) electrons. The molecule has 0 heterocycles. The van der Waals surface area contributed by atoms with E-state index in [0.717, 1.165) is 10.7 Å². The monoisotopic (exact) mass is 304 g/mol. The van der Waals surface area contributed by atoms with Crippen molar-refractivity contribution in [2.75, 3.05) is 5.33 Å². The number of aryl methyl sites for hydroxylation is 2. The van der Waals surface area contributed by atoms with Crippen molar-refractivity contribution in [3.8, 4) is 0 Å². The molecular formula is C11H14Br2. The van der Waals surface area contributed by atoms with Crippen LogP contribution in [-0.2, 0) is 11.8 Å². The van der Waals surface area contributed by atoms with Crippen LogP contribution in [0, 0.1) is 6.92 Å². The number of rotatable bonds is 4. The molecule has 0 fully saturated rings. The first-order chi connectivity index (χ1) is 6.27. The zero-order valence-electron chi connectivity index (χ0n) is 7.82. The van der Waals surface area contributed by atoms with Gasteiger partial charge in [0.1, 0.15) is 0 Å². The third-order valence-corrected chi connectivity index (χ3v) is 3.36. The summed E-state index contributed by atoms with van der Waals surface area (Å²) >= 11 is 6.93. The molecule has 13 heavy (non-hydrogen) atoms. The predicted octanol–water partition coefficient (Wildman–Crippen LogP) is 4.22. The van der Waals surface area contributed by atoms with E-state index in [1.54, 1.807) is 0 Å². The van der Waals surface area contributed by atoms with Crippen molar-refractivity contribution in [1.82, 2.24) is 0 Å². The topological polar surface area (TPSA) is 0 Å². The van der Waals surface area contributed by atoms with E-state index in [0.29, 0.717) is 0 Å². The summed E-state index contributed by atoms with van der Waals surface area (Å²) < 4.78 is 0. The Morgan fingerprint density at radius 2 is 2.00 bits per heavy atom. The Kier molecular flexibility index (Phi) is 5.04. The van der Waals surface area contributed by atoms with E-state index in [1.165, 1.54) is 29.5 Å². The molecule has 2 heteroatoms. The van der Waals surface area contributed by atoms with Crippen molar-refractivity contribution in [1.29, 1.82) is 0 Å². The van der Waals surface area contributed by atoms with E-state index in [9.17, 15) is 0 Å². The minimum Gasteiger partial charge on any atom is -0.0928 e. The van der Waals surface area contributed by atoms with Gasteiger partial charge in [-0.3, -0.25) is 0 Å². The van der Waals surface area contributed by atoms with Crippen molar-refractivity contribution in [3.05, 3.63) is 34.9 Å². The maximum absolute atomic E-state index is 3.48. The van der Waals surface area contributed by atoms with Crippen LogP contribution in [0.15, 0.2) is 18.2 Å². The molecule has 0 saturated heterocycles. The molecule has 0 aliphatic heterocycles. The van der Waals surface area contributed by atoms with Crippen molar-refractivity contribution in [3.63, 3.8) is 0 Å². The molecule has 1 rings (SSSR count). The Labute approximate surface area is 97.0 Å². The highest BCUT2D eigenvalue weighted by molar-refractivity contribution is 9.09. The van der Waals surface area contributed by atoms with Crippen LogP contribution in [-0.4, -0.2) is 5.33 Å². The van der Waals surface area contributed by atoms with Gasteiger partial charge in [-0.05, 0) is 36.5 Å². The fourth-order valence-corrected chi connectivity index (χ4v) is 1.96. The van der Waals surface area contributed by atoms with E-state index in [-0.39, 0.29) is 0 Å². The molecule has 0 nitrogen and oxygen atoms in total. The lowest BCUT2D eigenvalue weighted by Gasteiger charge is -2.06. The highest BCUT2D eigenvalue weighted by Crippen LogP contribution is 2.15. The predicted molar refractivity (Wildman–Crippen MR) is 65.9 cm³/mol. The standard InChI is InChI=1S/C11H14Br2/c1-9-4-5-10(8-13)7-11(9)3-2-6-12/h4-5,7H,2-3,6,8H2,1H3. The average Bonchev–Trinajstić information content (AvgIpc) is 2.17. The van der Waals surface area contributed by atoms with Crippen LogP contribution < -0.4 is 0 Å². The quantitative estimate of drug-likeness (QED) is 0.731. The third kappa shape index (κ3) is 3.43. The lowest BCUT2D eigenvalue weighted by atomic mass is 10.0. The van der Waals surface area contributed by atoms with Gasteiger partial charge in [-0.1, -0.05) is 50.1 Å². The van der Waals surface area contributed by atoms with Crippen molar-refractivity contribution in [2.24, 2.45) is 0 Å². The van der Waals surface area contributed by atoms with Gasteiger partial charge in [-0.15, -0.1) is 0 Å². The average molecular weight is 306 g/mol. The van der Waals surface area contributed by atoms with Crippen molar-refractivity contribution >= 4 is 31.9 Å². The maximum atomic E-state index is 3.48. The van der Waals surface area contributed by atoms with Gasteiger partial charge in [0, 0.05) is 10.7 Å². The van der Waals surface area contributed by atoms with E-state index in [1.807, 2.05) is 0 Å². The van der Waals surface area contributed by atoms with E-state index in [4.69, 9.17) is 0 Å². The summed E-state index contributed by atoms with van der Waals surface area (Å²) in [7, 11) is 0. The van der Waals surface area contributed by atoms with E-state index >= 15 is 0 Å². The second kappa shape index (κ2) is 5.82. The normalized spacial score (nSPS) is 10.4. The molecule has 0 aliphatic carbocycles. The van der Waals surface area contributed by atoms with Gasteiger partial charge >= 0.3 is 0 Å². The fourth-order valence-electron chi connectivity index (χ4n) is 1.33. The lowest BCUT2D eigenvalue weighted by molar-refractivity contribution is 0.927. The Bertz CT molecular complexity index is 269. The molecule has 1 aromatic carbocycles. The van der Waals surface area contributed by atoms with Crippen molar-refractivity contribution < 1.29 is 0 Å². The van der Waals surface area contributed by atoms with E-state index in [2.05, 4.69) is 57.0 Å². The number of hydrogen-bond donors (Lipinski definition) is 0. The van der Waals surface area contributed by atoms with E-state index < -0.39 is 0 Å². The van der Waals surface area contributed by atoms with Gasteiger partial charge in [0.05, 0.1) is 0 Å². The van der Waals surface area contributed by atoms with Crippen LogP contribution in [0.5, 0.6) is 0 Å². The SMILES string of the molecule is Cc1ccc(CBr)cc1CCCBr. The van der Waals surface area contributed by atoms with Crippen LogP contribution in [0.2, 0.25) is 0 Å². The van der Waals surface area contributed by atoms with Crippen molar-refractivity contribution in [2.45, 2.75) is 25.1 Å². The number of hydrogen-bond acceptors (Lipinski definition) is 0. The second-order valence-corrected chi connectivity index (χ2v) is 4.54. The molecule has 0 N–H and O–H groups in total. The minimum absolute atomic E-state index is 0.953. The molecule has 1 aromatic rings. The van der Waals surface area contributed by atoms with Gasteiger partial charge in [0.15, 0.2) is 0 Å². The first-order valence-corrected chi connectivity index (χ1v) is 6.72. The summed E-state index contributed by atoms with van der Waals surface area (Å²) in [5.74, 6) is 0. The Morgan fingerprint density at radius 3 is 2.62 bits per heavy atom. The number of benzene rings is 1. The summed E-state index contributed by atoms with van der Waals surface area (Å²) in [4.78, 5) is 0. The second-order valence-electron chi connectivity index (χ2n) is 3.19. The smallest absolute Gasteiger partial charge is 0.0283 e. The lowest BCUT2D eigenvalue weighted by Crippen LogP contribution is -1.92. The zero-order valence-corrected chi connectivity index (χ0v) is 11.0. The molecule has 0 bridgehead atoms. The zero-order chi connectivity index (χ0) is 9.68. The van der Waals surface area contributed by atoms with Gasteiger partial charge in [-0.2, -0.15) is 0 Å². The van der Waals surface area contributed by atoms with Crippen LogP contribution in [0.1, 0.15) is 23.1 Å². The van der Waals surface area contributed by atoms with Crippen LogP contribution in [0.3, 0.4) is 0 Å². The Morgan fingerprint density at radius 1 is 1.23 bits per heavy atom. The molecule has 0 unspecified atom stereocenters. The molecule has 72 valence electrons. The largest absolute Gasteiger partial charge is 0.0928 e. The molecule has 0 aromatic heterocycles. The highest BCUT2D eigenvalue weighted by Gasteiger charge is 1.99. The summed E-state index contributed by atoms with van der Waals surface area (Å²) in [5, 5.41) is 2.04. The van der Waals surface area contributed by atoms with Crippen LogP contribution >= 0.6 is 31.9 Å². The first-order valence-electron chi connectivity index (χ1n) is 4.48. The van der Waals surface area contributed by atoms with Crippen LogP contribution in [0.25, 0.3) is 0 Å². The Balaban J connectivity index is 2.78. The summed E-state index contributed by atoms with van der Waals surface area (Å²) in [5.41, 5.74) is 4.26. The van der Waals surface area contributed by atoms with Gasteiger partial charge in [-0.25, -0.2) is 0 Å². The summed E-state index contributed by atoms with van der Waals surface area (Å²) in [6, 6.07) is 6.69. The molecule has 0 atom stereocenters. The maximum Gasteiger partial charge on any atom is 0.0283 e. The number of halogens is 2. The Hall–Kier alpha value is 0.180. The molecular weight excluding hydrogens is 292 g/mol. The summed E-state index contributed by atoms with van der Waals surface area (Å²) in [6.07, 6.45) is 2.39. The molecule has 0 aliphatic rings. The molecule has 0 amide bonds. The van der Waals surface area contributed by atoms with Gasteiger partial charge < -0.3 is 0 Å². The van der Waals surface area contributed by atoms with Gasteiger partial charge in [0.25, 0.3) is 0 Å². The van der Waals surface area contributed by atoms with Gasteiger partial charge in [0.2, 0.25) is 0 Å². The number of alkyl halides is 2. The van der Waals surface area contributed by atoms with Crippen LogP contribution in [0.4, 0.5) is 0 Å². The first kappa shape index (κ1) is 11.3. The third-order valence-electron chi connectivity index (χ3n) is 2.15. The molecule has 0 spiro atoms. The fraction of sp³-hybridized carbons (Fsp3) is 0.455. The molecule has 0 saturated carbocycles. The minimum atomic E-state index is 0.953. The summed E-state index contributed by atoms with van der Waals surface area (Å²) in [6.45, 7) is 2.18. The highest BCUT2D eigenvalue weighted by atomic mass is 79.9.